The summed E-state index contributed by atoms with van der Waals surface area (Å²) in [5, 5.41) is 0. The van der Waals surface area contributed by atoms with Crippen molar-refractivity contribution < 1.29 is 9.47 Å². The van der Waals surface area contributed by atoms with Gasteiger partial charge in [-0.3, -0.25) is 0 Å². The smallest absolute Gasteiger partial charge is 0.0809 e. The predicted molar refractivity (Wildman–Crippen MR) is 56.0 cm³/mol. The van der Waals surface area contributed by atoms with Crippen molar-refractivity contribution in [3.05, 3.63) is 0 Å². The van der Waals surface area contributed by atoms with Gasteiger partial charge in [0.15, 0.2) is 0 Å². The minimum absolute atomic E-state index is 0.275. The molecule has 0 heterocycles. The molecule has 0 saturated heterocycles. The van der Waals surface area contributed by atoms with E-state index < -0.39 is 0 Å². The molecule has 0 aliphatic rings. The quantitative estimate of drug-likeness (QED) is 0.545. The third kappa shape index (κ3) is 8.26. The maximum atomic E-state index is 5.65. The van der Waals surface area contributed by atoms with Crippen molar-refractivity contribution in [2.45, 2.75) is 59.2 Å². The summed E-state index contributed by atoms with van der Waals surface area (Å²) in [5.41, 5.74) is 0. The molecule has 0 radical (unpaired) electrons. The van der Waals surface area contributed by atoms with Crippen molar-refractivity contribution in [1.29, 1.82) is 0 Å². The molecule has 0 saturated carbocycles. The van der Waals surface area contributed by atoms with Gasteiger partial charge in [-0.05, 0) is 26.7 Å². The Balaban J connectivity index is 3.36. The van der Waals surface area contributed by atoms with Crippen LogP contribution in [0.4, 0.5) is 0 Å². The van der Waals surface area contributed by atoms with E-state index in [-0.39, 0.29) is 6.10 Å². The number of hydrogen-bond acceptors (Lipinski definition) is 2. The van der Waals surface area contributed by atoms with Gasteiger partial charge in [0.05, 0.1) is 18.8 Å². The average Bonchev–Trinajstić information content (AvgIpc) is 2.09. The van der Waals surface area contributed by atoms with Crippen LogP contribution in [0, 0.1) is 0 Å². The molecular weight excluding hydrogens is 164 g/mol. The SMILES string of the molecule is CCCCOCC(CC)OC(C)C. The van der Waals surface area contributed by atoms with Gasteiger partial charge in [0.1, 0.15) is 0 Å². The van der Waals surface area contributed by atoms with E-state index in [2.05, 4.69) is 27.7 Å². The maximum absolute atomic E-state index is 5.65. The van der Waals surface area contributed by atoms with Crippen LogP contribution >= 0.6 is 0 Å². The molecule has 0 N–H and O–H groups in total. The van der Waals surface area contributed by atoms with Crippen LogP contribution in [-0.2, 0) is 9.47 Å². The number of rotatable bonds is 8. The molecule has 2 heteroatoms. The number of unbranched alkanes of at least 4 members (excludes halogenated alkanes) is 1. The van der Waals surface area contributed by atoms with E-state index in [0.717, 1.165) is 26.1 Å². The molecule has 1 atom stereocenters. The highest BCUT2D eigenvalue weighted by Crippen LogP contribution is 2.03. The monoisotopic (exact) mass is 188 g/mol. The highest BCUT2D eigenvalue weighted by atomic mass is 16.5. The Kier molecular flexibility index (Phi) is 8.46. The summed E-state index contributed by atoms with van der Waals surface area (Å²) in [6.45, 7) is 10.0. The van der Waals surface area contributed by atoms with Gasteiger partial charge in [-0.25, -0.2) is 0 Å². The lowest BCUT2D eigenvalue weighted by Gasteiger charge is -2.18. The molecule has 0 spiro atoms. The minimum Gasteiger partial charge on any atom is -0.379 e. The summed E-state index contributed by atoms with van der Waals surface area (Å²) >= 11 is 0. The molecule has 1 unspecified atom stereocenters. The summed E-state index contributed by atoms with van der Waals surface area (Å²) in [6.07, 6.45) is 3.96. The van der Waals surface area contributed by atoms with E-state index in [9.17, 15) is 0 Å². The van der Waals surface area contributed by atoms with Gasteiger partial charge in [-0.1, -0.05) is 20.3 Å². The molecule has 0 aromatic carbocycles. The third-order valence-corrected chi connectivity index (χ3v) is 1.87. The van der Waals surface area contributed by atoms with E-state index in [0.29, 0.717) is 6.10 Å². The molecule has 80 valence electrons. The lowest BCUT2D eigenvalue weighted by atomic mass is 10.3. The molecule has 0 aliphatic carbocycles. The Morgan fingerprint density at radius 3 is 2.31 bits per heavy atom. The van der Waals surface area contributed by atoms with Crippen molar-refractivity contribution in [3.63, 3.8) is 0 Å². The van der Waals surface area contributed by atoms with Gasteiger partial charge in [0.2, 0.25) is 0 Å². The lowest BCUT2D eigenvalue weighted by molar-refractivity contribution is -0.0460. The zero-order valence-corrected chi connectivity index (χ0v) is 9.51. The Labute approximate surface area is 82.6 Å². The number of ether oxygens (including phenoxy) is 2. The molecule has 0 aromatic rings. The van der Waals surface area contributed by atoms with Gasteiger partial charge in [-0.15, -0.1) is 0 Å². The Bertz CT molecular complexity index is 102. The van der Waals surface area contributed by atoms with Crippen molar-refractivity contribution in [2.24, 2.45) is 0 Å². The lowest BCUT2D eigenvalue weighted by Crippen LogP contribution is -2.22. The second-order valence-corrected chi connectivity index (χ2v) is 3.64. The highest BCUT2D eigenvalue weighted by Gasteiger charge is 2.08. The normalized spacial score (nSPS) is 13.6. The average molecular weight is 188 g/mol. The summed E-state index contributed by atoms with van der Waals surface area (Å²) in [7, 11) is 0. The van der Waals surface area contributed by atoms with Crippen molar-refractivity contribution >= 4 is 0 Å². The largest absolute Gasteiger partial charge is 0.379 e. The van der Waals surface area contributed by atoms with E-state index in [4.69, 9.17) is 9.47 Å². The molecular formula is C11H24O2. The van der Waals surface area contributed by atoms with E-state index in [1.54, 1.807) is 0 Å². The van der Waals surface area contributed by atoms with E-state index >= 15 is 0 Å². The van der Waals surface area contributed by atoms with Crippen LogP contribution in [-0.4, -0.2) is 25.4 Å². The van der Waals surface area contributed by atoms with Gasteiger partial charge in [-0.2, -0.15) is 0 Å². The fraction of sp³-hybridized carbons (Fsp3) is 1.00. The Hall–Kier alpha value is -0.0800. The topological polar surface area (TPSA) is 18.5 Å². The minimum atomic E-state index is 0.275. The highest BCUT2D eigenvalue weighted by molar-refractivity contribution is 4.55. The summed E-state index contributed by atoms with van der Waals surface area (Å²) < 4.78 is 11.2. The molecule has 0 aromatic heterocycles. The van der Waals surface area contributed by atoms with Crippen molar-refractivity contribution in [3.8, 4) is 0 Å². The predicted octanol–water partition coefficient (Wildman–Crippen LogP) is 3.01. The molecule has 13 heavy (non-hydrogen) atoms. The van der Waals surface area contributed by atoms with Gasteiger partial charge in [0.25, 0.3) is 0 Å². The number of hydrogen-bond donors (Lipinski definition) is 0. The van der Waals surface area contributed by atoms with Gasteiger partial charge < -0.3 is 9.47 Å². The fourth-order valence-electron chi connectivity index (χ4n) is 1.10. The zero-order chi connectivity index (χ0) is 10.1. The first-order valence-electron chi connectivity index (χ1n) is 5.43. The van der Waals surface area contributed by atoms with Gasteiger partial charge >= 0.3 is 0 Å². The summed E-state index contributed by atoms with van der Waals surface area (Å²) in [6, 6.07) is 0. The Morgan fingerprint density at radius 1 is 1.15 bits per heavy atom. The van der Waals surface area contributed by atoms with Crippen molar-refractivity contribution in [2.75, 3.05) is 13.2 Å². The van der Waals surface area contributed by atoms with Crippen LogP contribution in [0.15, 0.2) is 0 Å². The zero-order valence-electron chi connectivity index (χ0n) is 9.51. The standard InChI is InChI=1S/C11H24O2/c1-5-7-8-12-9-11(6-2)13-10(3)4/h10-11H,5-9H2,1-4H3. The van der Waals surface area contributed by atoms with Crippen LogP contribution in [0.1, 0.15) is 47.0 Å². The second kappa shape index (κ2) is 8.52. The molecule has 0 amide bonds. The van der Waals surface area contributed by atoms with Crippen LogP contribution in [0.3, 0.4) is 0 Å². The second-order valence-electron chi connectivity index (χ2n) is 3.64. The van der Waals surface area contributed by atoms with Crippen LogP contribution in [0.2, 0.25) is 0 Å². The van der Waals surface area contributed by atoms with Crippen LogP contribution in [0.25, 0.3) is 0 Å². The summed E-state index contributed by atoms with van der Waals surface area (Å²) in [4.78, 5) is 0. The summed E-state index contributed by atoms with van der Waals surface area (Å²) in [5.74, 6) is 0. The first-order valence-corrected chi connectivity index (χ1v) is 5.43. The molecule has 0 rings (SSSR count). The van der Waals surface area contributed by atoms with Crippen molar-refractivity contribution in [1.82, 2.24) is 0 Å². The fourth-order valence-corrected chi connectivity index (χ4v) is 1.10. The molecule has 2 nitrogen and oxygen atoms in total. The molecule has 0 fully saturated rings. The van der Waals surface area contributed by atoms with Crippen LogP contribution < -0.4 is 0 Å². The first-order chi connectivity index (χ1) is 6.20. The van der Waals surface area contributed by atoms with E-state index in [1.807, 2.05) is 0 Å². The molecule has 0 aliphatic heterocycles. The maximum Gasteiger partial charge on any atom is 0.0809 e. The first kappa shape index (κ1) is 12.9. The molecule has 0 bridgehead atoms. The van der Waals surface area contributed by atoms with Gasteiger partial charge in [0, 0.05) is 6.61 Å². The van der Waals surface area contributed by atoms with Crippen LogP contribution in [0.5, 0.6) is 0 Å². The van der Waals surface area contributed by atoms with E-state index in [1.165, 1.54) is 6.42 Å². The third-order valence-electron chi connectivity index (χ3n) is 1.87. The Morgan fingerprint density at radius 2 is 1.85 bits per heavy atom.